The van der Waals surface area contributed by atoms with Gasteiger partial charge in [0.1, 0.15) is 25.0 Å². The van der Waals surface area contributed by atoms with Gasteiger partial charge in [-0.25, -0.2) is 9.59 Å². The van der Waals surface area contributed by atoms with Gasteiger partial charge in [-0.15, -0.1) is 0 Å². The summed E-state index contributed by atoms with van der Waals surface area (Å²) in [6.07, 6.45) is -1.45. The number of non-ortho nitro benzene ring substituents is 1. The zero-order chi connectivity index (χ0) is 25.0. The van der Waals surface area contributed by atoms with Crippen LogP contribution in [0.25, 0.3) is 0 Å². The minimum atomic E-state index is -1.42. The first-order chi connectivity index (χ1) is 16.9. The minimum absolute atomic E-state index is 0.00251. The molecule has 1 amide bonds. The van der Waals surface area contributed by atoms with Crippen LogP contribution in [0.3, 0.4) is 0 Å². The standard InChI is InChI=1S/C25H22N2O8/c28-23(33-16-18-7-3-1-4-8-18)15-22(26-25(30)34-17-19-9-5-2-6-10-19)24(29)35-21-13-11-20(12-14-21)27(31)32/h1-14,22H,15-17H2,(H,26,30)/t22-/m0/s1. The summed E-state index contributed by atoms with van der Waals surface area (Å²) in [6.45, 7) is -0.0580. The van der Waals surface area contributed by atoms with Crippen LogP contribution in [-0.4, -0.2) is 29.0 Å². The smallest absolute Gasteiger partial charge is 0.408 e. The molecule has 0 fully saturated rings. The van der Waals surface area contributed by atoms with Gasteiger partial charge in [0.2, 0.25) is 0 Å². The summed E-state index contributed by atoms with van der Waals surface area (Å²) in [5, 5.41) is 13.1. The van der Waals surface area contributed by atoms with Gasteiger partial charge in [0, 0.05) is 12.1 Å². The van der Waals surface area contributed by atoms with E-state index in [1.54, 1.807) is 48.5 Å². The van der Waals surface area contributed by atoms with Crippen molar-refractivity contribution in [3.05, 3.63) is 106 Å². The van der Waals surface area contributed by atoms with E-state index in [9.17, 15) is 24.5 Å². The number of esters is 2. The predicted octanol–water partition coefficient (Wildman–Crippen LogP) is 3.93. The van der Waals surface area contributed by atoms with E-state index in [0.29, 0.717) is 0 Å². The Kier molecular flexibility index (Phi) is 8.89. The number of carbonyl (C=O) groups is 3. The van der Waals surface area contributed by atoms with Crippen molar-refractivity contribution in [3.8, 4) is 5.75 Å². The lowest BCUT2D eigenvalue weighted by Gasteiger charge is -2.17. The number of alkyl carbamates (subject to hydrolysis) is 1. The van der Waals surface area contributed by atoms with Crippen molar-refractivity contribution in [3.63, 3.8) is 0 Å². The van der Waals surface area contributed by atoms with Crippen LogP contribution >= 0.6 is 0 Å². The van der Waals surface area contributed by atoms with Gasteiger partial charge in [0.05, 0.1) is 11.3 Å². The summed E-state index contributed by atoms with van der Waals surface area (Å²) >= 11 is 0. The molecule has 3 rings (SSSR count). The number of amides is 1. The zero-order valence-corrected chi connectivity index (χ0v) is 18.5. The monoisotopic (exact) mass is 478 g/mol. The number of nitro groups is 1. The van der Waals surface area contributed by atoms with Crippen LogP contribution in [-0.2, 0) is 32.3 Å². The number of hydrogen-bond acceptors (Lipinski definition) is 8. The average Bonchev–Trinajstić information content (AvgIpc) is 2.87. The Hall–Kier alpha value is -4.73. The Bertz CT molecular complexity index is 1090. The van der Waals surface area contributed by atoms with Gasteiger partial charge < -0.3 is 19.5 Å². The predicted molar refractivity (Wildman–Crippen MR) is 123 cm³/mol. The number of benzene rings is 3. The van der Waals surface area contributed by atoms with E-state index in [-0.39, 0.29) is 24.7 Å². The van der Waals surface area contributed by atoms with Crippen LogP contribution in [0.1, 0.15) is 17.5 Å². The van der Waals surface area contributed by atoms with Crippen molar-refractivity contribution in [2.45, 2.75) is 25.7 Å². The molecule has 180 valence electrons. The SMILES string of the molecule is O=C(C[C@H](NC(=O)OCc1ccccc1)C(=O)Oc1ccc([N+](=O)[O-])cc1)OCc1ccccc1. The fourth-order valence-corrected chi connectivity index (χ4v) is 2.89. The van der Waals surface area contributed by atoms with E-state index in [0.717, 1.165) is 23.3 Å². The first kappa shape index (κ1) is 24.9. The highest BCUT2D eigenvalue weighted by atomic mass is 16.6. The third-order valence-corrected chi connectivity index (χ3v) is 4.67. The fraction of sp³-hybridized carbons (Fsp3) is 0.160. The highest BCUT2D eigenvalue weighted by molar-refractivity contribution is 5.87. The van der Waals surface area contributed by atoms with Gasteiger partial charge in [-0.1, -0.05) is 60.7 Å². The van der Waals surface area contributed by atoms with Gasteiger partial charge in [-0.2, -0.15) is 0 Å². The molecule has 0 aromatic heterocycles. The van der Waals surface area contributed by atoms with E-state index in [2.05, 4.69) is 5.32 Å². The Labute approximate surface area is 200 Å². The molecule has 0 heterocycles. The lowest BCUT2D eigenvalue weighted by molar-refractivity contribution is -0.384. The first-order valence-electron chi connectivity index (χ1n) is 10.5. The second-order valence-electron chi connectivity index (χ2n) is 7.28. The lowest BCUT2D eigenvalue weighted by atomic mass is 10.2. The number of carbonyl (C=O) groups excluding carboxylic acids is 3. The van der Waals surface area contributed by atoms with Crippen molar-refractivity contribution in [2.24, 2.45) is 0 Å². The molecule has 1 N–H and O–H groups in total. The van der Waals surface area contributed by atoms with Gasteiger partial charge in [0.25, 0.3) is 5.69 Å². The Balaban J connectivity index is 1.63. The quantitative estimate of drug-likeness (QED) is 0.200. The van der Waals surface area contributed by atoms with Crippen molar-refractivity contribution >= 4 is 23.7 Å². The molecule has 10 heteroatoms. The molecular weight excluding hydrogens is 456 g/mol. The van der Waals surface area contributed by atoms with Crippen LogP contribution in [0, 0.1) is 10.1 Å². The molecule has 0 aliphatic carbocycles. The van der Waals surface area contributed by atoms with Crippen LogP contribution < -0.4 is 10.1 Å². The molecule has 0 aliphatic heterocycles. The molecular formula is C25H22N2O8. The van der Waals surface area contributed by atoms with Crippen LogP contribution in [0.15, 0.2) is 84.9 Å². The summed E-state index contributed by atoms with van der Waals surface area (Å²) in [5.74, 6) is -1.71. The van der Waals surface area contributed by atoms with Gasteiger partial charge in [0.15, 0.2) is 0 Å². The molecule has 3 aromatic carbocycles. The van der Waals surface area contributed by atoms with Crippen molar-refractivity contribution in [1.82, 2.24) is 5.32 Å². The molecule has 0 unspecified atom stereocenters. The zero-order valence-electron chi connectivity index (χ0n) is 18.5. The molecule has 10 nitrogen and oxygen atoms in total. The normalized spacial score (nSPS) is 11.1. The first-order valence-corrected chi connectivity index (χ1v) is 10.5. The number of nitrogens with zero attached hydrogens (tertiary/aromatic N) is 1. The number of nitro benzene ring substituents is 1. The summed E-state index contributed by atoms with van der Waals surface area (Å²) in [4.78, 5) is 47.6. The van der Waals surface area contributed by atoms with E-state index < -0.39 is 35.4 Å². The Morgan fingerprint density at radius 3 is 1.89 bits per heavy atom. The molecule has 1 atom stereocenters. The molecule has 0 saturated carbocycles. The second-order valence-corrected chi connectivity index (χ2v) is 7.28. The fourth-order valence-electron chi connectivity index (χ4n) is 2.89. The maximum absolute atomic E-state index is 12.7. The van der Waals surface area contributed by atoms with Gasteiger partial charge in [-0.05, 0) is 23.3 Å². The van der Waals surface area contributed by atoms with Crippen LogP contribution in [0.2, 0.25) is 0 Å². The van der Waals surface area contributed by atoms with E-state index in [4.69, 9.17) is 14.2 Å². The molecule has 3 aromatic rings. The van der Waals surface area contributed by atoms with E-state index in [1.807, 2.05) is 12.1 Å². The topological polar surface area (TPSA) is 134 Å². The van der Waals surface area contributed by atoms with Crippen molar-refractivity contribution in [2.75, 3.05) is 0 Å². The second kappa shape index (κ2) is 12.5. The maximum atomic E-state index is 12.7. The molecule has 35 heavy (non-hydrogen) atoms. The van der Waals surface area contributed by atoms with Crippen molar-refractivity contribution < 1.29 is 33.5 Å². The van der Waals surface area contributed by atoms with Crippen molar-refractivity contribution in [1.29, 1.82) is 0 Å². The van der Waals surface area contributed by atoms with Gasteiger partial charge >= 0.3 is 18.0 Å². The highest BCUT2D eigenvalue weighted by Crippen LogP contribution is 2.18. The molecule has 0 spiro atoms. The van der Waals surface area contributed by atoms with Crippen LogP contribution in [0.5, 0.6) is 5.75 Å². The van der Waals surface area contributed by atoms with Crippen LogP contribution in [0.4, 0.5) is 10.5 Å². The summed E-state index contributed by atoms with van der Waals surface area (Å²) in [6, 6.07) is 21.2. The number of rotatable bonds is 10. The molecule has 0 aliphatic rings. The molecule has 0 radical (unpaired) electrons. The molecule has 0 saturated heterocycles. The summed E-state index contributed by atoms with van der Waals surface area (Å²) in [7, 11) is 0. The Morgan fingerprint density at radius 1 is 0.800 bits per heavy atom. The van der Waals surface area contributed by atoms with Gasteiger partial charge in [-0.3, -0.25) is 14.9 Å². The number of hydrogen-bond donors (Lipinski definition) is 1. The van der Waals surface area contributed by atoms with E-state index in [1.165, 1.54) is 12.1 Å². The largest absolute Gasteiger partial charge is 0.461 e. The summed E-state index contributed by atoms with van der Waals surface area (Å²) in [5.41, 5.74) is 1.30. The third-order valence-electron chi connectivity index (χ3n) is 4.67. The number of ether oxygens (including phenoxy) is 3. The lowest BCUT2D eigenvalue weighted by Crippen LogP contribution is -2.44. The third kappa shape index (κ3) is 8.28. The minimum Gasteiger partial charge on any atom is -0.461 e. The average molecular weight is 478 g/mol. The highest BCUT2D eigenvalue weighted by Gasteiger charge is 2.27. The summed E-state index contributed by atoms with van der Waals surface area (Å²) < 4.78 is 15.5. The number of nitrogens with one attached hydrogen (secondary N) is 1. The maximum Gasteiger partial charge on any atom is 0.408 e. The van der Waals surface area contributed by atoms with E-state index >= 15 is 0 Å². The molecule has 0 bridgehead atoms. The Morgan fingerprint density at radius 2 is 1.34 bits per heavy atom.